The van der Waals surface area contributed by atoms with E-state index in [4.69, 9.17) is 5.11 Å². The lowest BCUT2D eigenvalue weighted by Gasteiger charge is -2.43. The molecule has 5 nitrogen and oxygen atoms in total. The summed E-state index contributed by atoms with van der Waals surface area (Å²) in [6.07, 6.45) is -0.0182. The van der Waals surface area contributed by atoms with Crippen molar-refractivity contribution in [3.8, 4) is 0 Å². The van der Waals surface area contributed by atoms with E-state index in [2.05, 4.69) is 4.90 Å². The Bertz CT molecular complexity index is 489. The number of hydrogen-bond acceptors (Lipinski definition) is 3. The number of nitrogens with zero attached hydrogens (tertiary/aromatic N) is 2. The van der Waals surface area contributed by atoms with Crippen LogP contribution in [0.15, 0.2) is 30.3 Å². The number of hydrogen-bond donors (Lipinski definition) is 1. The molecule has 0 aromatic heterocycles. The minimum absolute atomic E-state index is 0.0182. The number of carbonyl (C=O) groups is 2. The highest BCUT2D eigenvalue weighted by molar-refractivity contribution is 5.94. The topological polar surface area (TPSA) is 60.9 Å². The predicted octanol–water partition coefficient (Wildman–Crippen LogP) is 1.31. The van der Waals surface area contributed by atoms with Crippen LogP contribution < -0.4 is 0 Å². The fourth-order valence-electron chi connectivity index (χ4n) is 2.56. The highest BCUT2D eigenvalue weighted by Gasteiger charge is 2.34. The minimum atomic E-state index is -0.871. The summed E-state index contributed by atoms with van der Waals surface area (Å²) in [7, 11) is 1.96. The molecule has 2 rings (SSSR count). The van der Waals surface area contributed by atoms with Crippen LogP contribution in [0, 0.1) is 0 Å². The Hall–Kier alpha value is -1.88. The molecule has 1 saturated heterocycles. The van der Waals surface area contributed by atoms with Gasteiger partial charge < -0.3 is 10.0 Å². The number of aliphatic carboxylic acids is 1. The molecule has 1 aliphatic rings. The lowest BCUT2D eigenvalue weighted by Crippen LogP contribution is -2.58. The minimum Gasteiger partial charge on any atom is -0.481 e. The standard InChI is InChI=1S/C15H20N2O3/c1-11-9-17(13(8-14(18)19)10-16(11)2)15(20)12-6-4-3-5-7-12/h3-7,11,13H,8-10H2,1-2H3,(H,18,19)/t11-,13+/m0/s1. The number of carbonyl (C=O) groups excluding carboxylic acids is 1. The Labute approximate surface area is 118 Å². The van der Waals surface area contributed by atoms with Crippen LogP contribution in [0.2, 0.25) is 0 Å². The first kappa shape index (κ1) is 14.5. The Kier molecular flexibility index (Phi) is 4.39. The van der Waals surface area contributed by atoms with Crippen LogP contribution >= 0.6 is 0 Å². The van der Waals surface area contributed by atoms with Crippen molar-refractivity contribution in [1.82, 2.24) is 9.80 Å². The number of amides is 1. The van der Waals surface area contributed by atoms with Crippen LogP contribution in [-0.2, 0) is 4.79 Å². The summed E-state index contributed by atoms with van der Waals surface area (Å²) >= 11 is 0. The van der Waals surface area contributed by atoms with E-state index in [1.54, 1.807) is 17.0 Å². The van der Waals surface area contributed by atoms with Gasteiger partial charge in [-0.05, 0) is 26.1 Å². The molecule has 20 heavy (non-hydrogen) atoms. The highest BCUT2D eigenvalue weighted by Crippen LogP contribution is 2.19. The van der Waals surface area contributed by atoms with Gasteiger partial charge in [-0.3, -0.25) is 14.5 Å². The van der Waals surface area contributed by atoms with E-state index in [0.29, 0.717) is 18.7 Å². The van der Waals surface area contributed by atoms with Gasteiger partial charge in [-0.1, -0.05) is 18.2 Å². The molecular formula is C15H20N2O3. The zero-order valence-corrected chi connectivity index (χ0v) is 11.8. The molecule has 1 aliphatic heterocycles. The Morgan fingerprint density at radius 3 is 2.50 bits per heavy atom. The van der Waals surface area contributed by atoms with Crippen molar-refractivity contribution >= 4 is 11.9 Å². The van der Waals surface area contributed by atoms with E-state index in [0.717, 1.165) is 0 Å². The first-order chi connectivity index (χ1) is 9.49. The zero-order chi connectivity index (χ0) is 14.7. The van der Waals surface area contributed by atoms with Gasteiger partial charge in [0.1, 0.15) is 0 Å². The van der Waals surface area contributed by atoms with Crippen molar-refractivity contribution in [1.29, 1.82) is 0 Å². The Morgan fingerprint density at radius 2 is 1.90 bits per heavy atom. The van der Waals surface area contributed by atoms with Gasteiger partial charge >= 0.3 is 5.97 Å². The van der Waals surface area contributed by atoms with Crippen molar-refractivity contribution in [3.05, 3.63) is 35.9 Å². The Morgan fingerprint density at radius 1 is 1.25 bits per heavy atom. The van der Waals surface area contributed by atoms with Crippen LogP contribution in [0.1, 0.15) is 23.7 Å². The van der Waals surface area contributed by atoms with Crippen molar-refractivity contribution in [3.63, 3.8) is 0 Å². The molecule has 0 radical (unpaired) electrons. The molecule has 1 heterocycles. The van der Waals surface area contributed by atoms with Gasteiger partial charge in [0.05, 0.1) is 12.5 Å². The summed E-state index contributed by atoms with van der Waals surface area (Å²) in [6, 6.07) is 8.98. The van der Waals surface area contributed by atoms with Gasteiger partial charge in [-0.25, -0.2) is 0 Å². The average molecular weight is 276 g/mol. The summed E-state index contributed by atoms with van der Waals surface area (Å²) in [5.41, 5.74) is 0.611. The first-order valence-electron chi connectivity index (χ1n) is 6.77. The second-order valence-corrected chi connectivity index (χ2v) is 5.36. The van der Waals surface area contributed by atoms with Crippen LogP contribution in [-0.4, -0.2) is 59.0 Å². The maximum absolute atomic E-state index is 12.6. The molecule has 108 valence electrons. The van der Waals surface area contributed by atoms with Gasteiger partial charge in [-0.2, -0.15) is 0 Å². The molecule has 0 bridgehead atoms. The fraction of sp³-hybridized carbons (Fsp3) is 0.467. The van der Waals surface area contributed by atoms with Crippen molar-refractivity contribution in [2.45, 2.75) is 25.4 Å². The summed E-state index contributed by atoms with van der Waals surface area (Å²) in [5, 5.41) is 9.03. The number of likely N-dealkylation sites (N-methyl/N-ethyl adjacent to an activating group) is 1. The summed E-state index contributed by atoms with van der Waals surface area (Å²) < 4.78 is 0. The van der Waals surface area contributed by atoms with Gasteiger partial charge in [0.15, 0.2) is 0 Å². The second kappa shape index (κ2) is 6.05. The molecule has 0 unspecified atom stereocenters. The molecule has 2 atom stereocenters. The number of rotatable bonds is 3. The van der Waals surface area contributed by atoms with E-state index in [1.165, 1.54) is 0 Å². The van der Waals surface area contributed by atoms with Crippen molar-refractivity contribution in [2.24, 2.45) is 0 Å². The van der Waals surface area contributed by atoms with Crippen LogP contribution in [0.25, 0.3) is 0 Å². The van der Waals surface area contributed by atoms with E-state index in [-0.39, 0.29) is 24.4 Å². The molecule has 1 amide bonds. The average Bonchev–Trinajstić information content (AvgIpc) is 2.42. The van der Waals surface area contributed by atoms with E-state index in [9.17, 15) is 9.59 Å². The van der Waals surface area contributed by atoms with Crippen molar-refractivity contribution < 1.29 is 14.7 Å². The number of piperazine rings is 1. The molecule has 1 aromatic rings. The van der Waals surface area contributed by atoms with E-state index < -0.39 is 5.97 Å². The summed E-state index contributed by atoms with van der Waals surface area (Å²) in [6.45, 7) is 3.19. The molecule has 1 aromatic carbocycles. The normalized spacial score (nSPS) is 23.6. The third-order valence-corrected chi connectivity index (χ3v) is 3.84. The lowest BCUT2D eigenvalue weighted by molar-refractivity contribution is -0.138. The molecule has 5 heteroatoms. The molecule has 1 fully saturated rings. The quantitative estimate of drug-likeness (QED) is 0.904. The van der Waals surface area contributed by atoms with E-state index in [1.807, 2.05) is 32.2 Å². The molecule has 0 spiro atoms. The van der Waals surface area contributed by atoms with Crippen LogP contribution in [0.5, 0.6) is 0 Å². The molecule has 0 aliphatic carbocycles. The maximum atomic E-state index is 12.6. The largest absolute Gasteiger partial charge is 0.481 e. The third-order valence-electron chi connectivity index (χ3n) is 3.84. The number of carboxylic acid groups (broad SMARTS) is 1. The number of benzene rings is 1. The van der Waals surface area contributed by atoms with Gasteiger partial charge in [0.25, 0.3) is 5.91 Å². The lowest BCUT2D eigenvalue weighted by atomic mass is 10.0. The molecular weight excluding hydrogens is 256 g/mol. The Balaban J connectivity index is 2.21. The summed E-state index contributed by atoms with van der Waals surface area (Å²) in [4.78, 5) is 27.4. The fourth-order valence-corrected chi connectivity index (χ4v) is 2.56. The van der Waals surface area contributed by atoms with Gasteiger partial charge in [-0.15, -0.1) is 0 Å². The predicted molar refractivity (Wildman–Crippen MR) is 75.6 cm³/mol. The third kappa shape index (κ3) is 3.17. The zero-order valence-electron chi connectivity index (χ0n) is 11.8. The van der Waals surface area contributed by atoms with Gasteiger partial charge in [0.2, 0.25) is 0 Å². The van der Waals surface area contributed by atoms with Crippen LogP contribution in [0.3, 0.4) is 0 Å². The molecule has 0 saturated carbocycles. The van der Waals surface area contributed by atoms with Crippen molar-refractivity contribution in [2.75, 3.05) is 20.1 Å². The second-order valence-electron chi connectivity index (χ2n) is 5.36. The molecule has 1 N–H and O–H groups in total. The smallest absolute Gasteiger partial charge is 0.305 e. The maximum Gasteiger partial charge on any atom is 0.305 e. The highest BCUT2D eigenvalue weighted by atomic mass is 16.4. The first-order valence-corrected chi connectivity index (χ1v) is 6.77. The number of carboxylic acids is 1. The summed E-state index contributed by atoms with van der Waals surface area (Å²) in [5.74, 6) is -0.958. The van der Waals surface area contributed by atoms with Crippen LogP contribution in [0.4, 0.5) is 0 Å². The van der Waals surface area contributed by atoms with Gasteiger partial charge in [0, 0.05) is 24.7 Å². The SMILES string of the molecule is C[C@H]1CN(C(=O)c2ccccc2)[C@H](CC(=O)O)CN1C. The monoisotopic (exact) mass is 276 g/mol. The van der Waals surface area contributed by atoms with E-state index >= 15 is 0 Å².